The first kappa shape index (κ1) is 20.7. The molecule has 3 aromatic rings. The van der Waals surface area contributed by atoms with Gasteiger partial charge in [-0.25, -0.2) is 18.7 Å². The lowest BCUT2D eigenvalue weighted by atomic mass is 9.84. The average molecular weight is 455 g/mol. The van der Waals surface area contributed by atoms with Crippen molar-refractivity contribution in [3.63, 3.8) is 0 Å². The third kappa shape index (κ3) is 3.61. The Morgan fingerprint density at radius 1 is 1.30 bits per heavy atom. The summed E-state index contributed by atoms with van der Waals surface area (Å²) in [5, 5.41) is 7.76. The van der Waals surface area contributed by atoms with E-state index in [2.05, 4.69) is 32.1 Å². The van der Waals surface area contributed by atoms with Crippen LogP contribution in [-0.2, 0) is 17.6 Å². The number of rotatable bonds is 4. The summed E-state index contributed by atoms with van der Waals surface area (Å²) in [5.41, 5.74) is 5.71. The quantitative estimate of drug-likeness (QED) is 0.600. The number of fused-ring (bicyclic) bond motifs is 3. The molecular weight excluding hydrogens is 426 g/mol. The van der Waals surface area contributed by atoms with Gasteiger partial charge in [-0.3, -0.25) is 9.89 Å². The number of halogens is 2. The van der Waals surface area contributed by atoms with Crippen LogP contribution in [0.25, 0.3) is 22.7 Å². The summed E-state index contributed by atoms with van der Waals surface area (Å²) in [6.45, 7) is 2.34. The van der Waals surface area contributed by atoms with Crippen molar-refractivity contribution in [2.24, 2.45) is 17.3 Å². The van der Waals surface area contributed by atoms with Crippen LogP contribution in [0.2, 0.25) is 0 Å². The fourth-order valence-electron chi connectivity index (χ4n) is 5.67. The van der Waals surface area contributed by atoms with Gasteiger partial charge < -0.3 is 9.88 Å². The van der Waals surface area contributed by atoms with Crippen LogP contribution in [0.5, 0.6) is 0 Å². The minimum atomic E-state index is -2.58. The molecule has 0 aliphatic heterocycles. The Balaban J connectivity index is 1.20. The molecule has 0 spiro atoms. The molecule has 3 aliphatic rings. The van der Waals surface area contributed by atoms with Crippen LogP contribution in [0.4, 0.5) is 14.5 Å². The third-order valence-electron chi connectivity index (χ3n) is 8.13. The maximum absolute atomic E-state index is 13.4. The Bertz CT molecular complexity index is 1240. The number of imidazole rings is 1. The number of hydrogen-bond donors (Lipinski definition) is 2. The smallest absolute Gasteiger partial charge is 0.248 e. The van der Waals surface area contributed by atoms with E-state index < -0.39 is 5.92 Å². The number of anilines is 1. The van der Waals surface area contributed by atoms with E-state index in [1.807, 2.05) is 6.07 Å². The fraction of sp³-hybridized carbons (Fsp3) is 0.583. The first-order valence-corrected chi connectivity index (χ1v) is 11.8. The number of nitrogens with one attached hydrogen (secondary N) is 2. The summed E-state index contributed by atoms with van der Waals surface area (Å²) >= 11 is 0. The number of aromatic amines is 2. The molecule has 0 bridgehead atoms. The van der Waals surface area contributed by atoms with Gasteiger partial charge in [0.1, 0.15) is 5.69 Å². The molecule has 6 rings (SSSR count). The highest BCUT2D eigenvalue weighted by Crippen LogP contribution is 2.59. The summed E-state index contributed by atoms with van der Waals surface area (Å²) < 4.78 is 26.8. The highest BCUT2D eigenvalue weighted by atomic mass is 19.3. The van der Waals surface area contributed by atoms with E-state index in [0.717, 1.165) is 30.0 Å². The van der Waals surface area contributed by atoms with Gasteiger partial charge in [-0.1, -0.05) is 6.92 Å². The third-order valence-corrected chi connectivity index (χ3v) is 8.13. The van der Waals surface area contributed by atoms with Crippen molar-refractivity contribution in [2.75, 3.05) is 11.9 Å². The average Bonchev–Trinajstić information content (AvgIpc) is 3.08. The van der Waals surface area contributed by atoms with Crippen molar-refractivity contribution in [3.8, 4) is 11.5 Å². The Morgan fingerprint density at radius 2 is 2.09 bits per heavy atom. The van der Waals surface area contributed by atoms with Gasteiger partial charge in [0.05, 0.1) is 17.4 Å². The summed E-state index contributed by atoms with van der Waals surface area (Å²) in [4.78, 5) is 26.8. The zero-order chi connectivity index (χ0) is 23.0. The molecule has 33 heavy (non-hydrogen) atoms. The molecule has 3 aliphatic carbocycles. The molecule has 174 valence electrons. The summed E-state index contributed by atoms with van der Waals surface area (Å²) in [7, 11) is 1.70. The molecule has 7 nitrogen and oxygen atoms in total. The van der Waals surface area contributed by atoms with Crippen molar-refractivity contribution >= 4 is 22.8 Å². The first-order valence-electron chi connectivity index (χ1n) is 11.8. The Labute approximate surface area is 190 Å². The molecule has 0 aromatic carbocycles. The molecule has 2 atom stereocenters. The number of carbonyl (C=O) groups is 1. The first-order chi connectivity index (χ1) is 15.7. The summed E-state index contributed by atoms with van der Waals surface area (Å²) in [6, 6.07) is 1.86. The van der Waals surface area contributed by atoms with Gasteiger partial charge in [0, 0.05) is 37.6 Å². The maximum Gasteiger partial charge on any atom is 0.248 e. The van der Waals surface area contributed by atoms with Crippen molar-refractivity contribution in [1.29, 1.82) is 0 Å². The number of nitrogens with zero attached hydrogens (tertiary/aromatic N) is 4. The van der Waals surface area contributed by atoms with E-state index in [1.54, 1.807) is 18.1 Å². The van der Waals surface area contributed by atoms with Crippen LogP contribution in [0.15, 0.2) is 12.3 Å². The van der Waals surface area contributed by atoms with E-state index in [4.69, 9.17) is 0 Å². The zero-order valence-corrected chi connectivity index (χ0v) is 18.9. The predicted octanol–water partition coefficient (Wildman–Crippen LogP) is 4.65. The number of amides is 1. The minimum absolute atomic E-state index is 0.00851. The van der Waals surface area contributed by atoms with Crippen LogP contribution in [0.1, 0.15) is 56.7 Å². The number of hydrogen-bond acceptors (Lipinski definition) is 4. The van der Waals surface area contributed by atoms with E-state index in [9.17, 15) is 13.6 Å². The number of carbonyl (C=O) groups excluding carboxylic acids is 1. The van der Waals surface area contributed by atoms with Crippen molar-refractivity contribution < 1.29 is 13.6 Å². The van der Waals surface area contributed by atoms with Crippen molar-refractivity contribution in [1.82, 2.24) is 25.1 Å². The van der Waals surface area contributed by atoms with Crippen LogP contribution in [0.3, 0.4) is 0 Å². The second-order valence-corrected chi connectivity index (χ2v) is 10.6. The molecule has 2 fully saturated rings. The lowest BCUT2D eigenvalue weighted by Crippen LogP contribution is -2.31. The standard InChI is InChI=1S/C24H28F2N6O/c1-23-10-14(23)8-16-18(11-23)30-31-20(16)22-28-17-9-15(12-27-21(17)29-22)32(2)19(33)7-13-3-5-24(25,26)6-4-13/h9,12-14H,3-8,10-11H2,1-2H3,(H,30,31)(H,27,28,29)/t14-,23-/m1/s1. The van der Waals surface area contributed by atoms with Gasteiger partial charge in [0.2, 0.25) is 11.8 Å². The SMILES string of the molecule is CN(C(=O)CC1CCC(F)(F)CC1)c1cnc2nc(-c3n[nH]c4c3C[C@@H]3C[C@]3(C)C4)[nH]c2c1. The lowest BCUT2D eigenvalue weighted by molar-refractivity contribution is -0.120. The zero-order valence-electron chi connectivity index (χ0n) is 18.9. The minimum Gasteiger partial charge on any atom is -0.335 e. The van der Waals surface area contributed by atoms with Gasteiger partial charge >= 0.3 is 0 Å². The molecule has 0 saturated heterocycles. The van der Waals surface area contributed by atoms with Crippen LogP contribution < -0.4 is 4.90 Å². The predicted molar refractivity (Wildman–Crippen MR) is 120 cm³/mol. The lowest BCUT2D eigenvalue weighted by Gasteiger charge is -2.29. The number of aromatic nitrogens is 5. The molecule has 1 amide bonds. The van der Waals surface area contributed by atoms with Gasteiger partial charge in [-0.15, -0.1) is 0 Å². The van der Waals surface area contributed by atoms with Crippen molar-refractivity contribution in [3.05, 3.63) is 23.5 Å². The molecule has 3 aromatic heterocycles. The Kier molecular flexibility index (Phi) is 4.45. The number of alkyl halides is 2. The van der Waals surface area contributed by atoms with Crippen molar-refractivity contribution in [2.45, 2.75) is 64.2 Å². The van der Waals surface area contributed by atoms with E-state index >= 15 is 0 Å². The molecular formula is C24H28F2N6O. The van der Waals surface area contributed by atoms with Crippen LogP contribution >= 0.6 is 0 Å². The molecule has 0 unspecified atom stereocenters. The van der Waals surface area contributed by atoms with Gasteiger partial charge in [-0.05, 0) is 55.4 Å². The number of pyridine rings is 1. The summed E-state index contributed by atoms with van der Waals surface area (Å²) in [6.07, 6.45) is 5.76. The van der Waals surface area contributed by atoms with Gasteiger partial charge in [-0.2, -0.15) is 5.10 Å². The van der Waals surface area contributed by atoms with Gasteiger partial charge in [0.25, 0.3) is 0 Å². The molecule has 9 heteroatoms. The van der Waals surface area contributed by atoms with Gasteiger partial charge in [0.15, 0.2) is 11.5 Å². The molecule has 0 radical (unpaired) electrons. The highest BCUT2D eigenvalue weighted by Gasteiger charge is 2.53. The Hall–Kier alpha value is -2.84. The van der Waals surface area contributed by atoms with Crippen LogP contribution in [0, 0.1) is 17.3 Å². The van der Waals surface area contributed by atoms with Crippen LogP contribution in [-0.4, -0.2) is 44.0 Å². The Morgan fingerprint density at radius 3 is 2.88 bits per heavy atom. The number of H-pyrrole nitrogens is 2. The van der Waals surface area contributed by atoms with E-state index in [1.165, 1.54) is 17.7 Å². The topological polar surface area (TPSA) is 90.6 Å². The monoisotopic (exact) mass is 454 g/mol. The largest absolute Gasteiger partial charge is 0.335 e. The van der Waals surface area contributed by atoms with E-state index in [0.29, 0.717) is 35.4 Å². The molecule has 3 heterocycles. The second kappa shape index (κ2) is 7.08. The highest BCUT2D eigenvalue weighted by molar-refractivity contribution is 5.94. The molecule has 2 saturated carbocycles. The fourth-order valence-corrected chi connectivity index (χ4v) is 5.67. The molecule has 2 N–H and O–H groups in total. The second-order valence-electron chi connectivity index (χ2n) is 10.6. The normalized spacial score (nSPS) is 26.1. The van der Waals surface area contributed by atoms with E-state index in [-0.39, 0.29) is 31.1 Å². The summed E-state index contributed by atoms with van der Waals surface area (Å²) in [5.74, 6) is -1.24. The maximum atomic E-state index is 13.4.